The maximum atomic E-state index is 14.3. The lowest BCUT2D eigenvalue weighted by Gasteiger charge is -2.43. The molecule has 51 heavy (non-hydrogen) atoms. The highest BCUT2D eigenvalue weighted by Gasteiger charge is 2.57. The Morgan fingerprint density at radius 1 is 0.941 bits per heavy atom. The van der Waals surface area contributed by atoms with E-state index >= 15 is 0 Å². The number of allylic oxidation sites excluding steroid dienone is 1. The average molecular weight is 687 g/mol. The summed E-state index contributed by atoms with van der Waals surface area (Å²) in [6, 6.07) is 29.2. The Hall–Kier alpha value is -5.00. The molecule has 0 bridgehead atoms. The zero-order valence-corrected chi connectivity index (χ0v) is 27.6. The molecule has 4 aromatic carbocycles. The van der Waals surface area contributed by atoms with Gasteiger partial charge in [0.1, 0.15) is 12.4 Å². The number of fused-ring (bicyclic) bond motifs is 3. The number of rotatable bonds is 10. The quantitative estimate of drug-likeness (QED) is 0.0822. The topological polar surface area (TPSA) is 137 Å². The van der Waals surface area contributed by atoms with E-state index in [2.05, 4.69) is 0 Å². The van der Waals surface area contributed by atoms with Gasteiger partial charge in [0.05, 0.1) is 23.6 Å². The van der Waals surface area contributed by atoms with E-state index in [1.54, 1.807) is 18.2 Å². The molecule has 1 aliphatic carbocycles. The van der Waals surface area contributed by atoms with Crippen molar-refractivity contribution < 1.29 is 43.5 Å². The van der Waals surface area contributed by atoms with Crippen LogP contribution in [0.25, 0.3) is 11.6 Å². The van der Waals surface area contributed by atoms with Crippen LogP contribution in [-0.2, 0) is 14.2 Å². The van der Waals surface area contributed by atoms with Crippen LogP contribution in [0.15, 0.2) is 114 Å². The third-order valence-corrected chi connectivity index (χ3v) is 10.0. The molecule has 2 aliphatic heterocycles. The Morgan fingerprint density at radius 2 is 1.69 bits per heavy atom. The number of hydrogen-bond acceptors (Lipinski definition) is 8. The summed E-state index contributed by atoms with van der Waals surface area (Å²) >= 11 is 0. The number of aromatic hydroxyl groups is 1. The van der Waals surface area contributed by atoms with E-state index in [-0.39, 0.29) is 30.5 Å². The van der Waals surface area contributed by atoms with Gasteiger partial charge in [-0.25, -0.2) is 4.39 Å². The number of phenols is 1. The average Bonchev–Trinajstić information content (AvgIpc) is 3.39. The van der Waals surface area contributed by atoms with Gasteiger partial charge in [-0.1, -0.05) is 72.8 Å². The monoisotopic (exact) mass is 687 g/mol. The Bertz CT molecular complexity index is 1990. The Kier molecular flexibility index (Phi) is 9.93. The third kappa shape index (κ3) is 7.13. The molecule has 12 heteroatoms. The maximum Gasteiger partial charge on any atom is 0.488 e. The summed E-state index contributed by atoms with van der Waals surface area (Å²) in [5.74, 6) is -3.32. The summed E-state index contributed by atoms with van der Waals surface area (Å²) in [6.45, 7) is 0.150. The van der Waals surface area contributed by atoms with E-state index < -0.39 is 61.5 Å². The molecular formula is C39H36B2FNO8. The number of benzene rings is 4. The number of carbonyl (C=O) groups excluding carboxylic acids is 2. The van der Waals surface area contributed by atoms with Crippen LogP contribution in [0.1, 0.15) is 30.4 Å². The molecule has 258 valence electrons. The van der Waals surface area contributed by atoms with Crippen molar-refractivity contribution in [3.63, 3.8) is 0 Å². The molecule has 3 aliphatic rings. The van der Waals surface area contributed by atoms with Gasteiger partial charge in [-0.3, -0.25) is 14.5 Å². The normalized spacial score (nSPS) is 21.8. The minimum atomic E-state index is -1.77. The molecule has 2 fully saturated rings. The van der Waals surface area contributed by atoms with Crippen LogP contribution in [0.3, 0.4) is 0 Å². The maximum absolute atomic E-state index is 14.3. The van der Waals surface area contributed by atoms with Gasteiger partial charge in [0.2, 0.25) is 11.8 Å². The summed E-state index contributed by atoms with van der Waals surface area (Å²) in [4.78, 5) is 29.4. The van der Waals surface area contributed by atoms with E-state index in [1.165, 1.54) is 24.3 Å². The van der Waals surface area contributed by atoms with Gasteiger partial charge in [-0.15, -0.1) is 0 Å². The van der Waals surface area contributed by atoms with Crippen molar-refractivity contribution in [1.29, 1.82) is 0 Å². The van der Waals surface area contributed by atoms with Crippen LogP contribution >= 0.6 is 0 Å². The number of carbonyl (C=O) groups is 2. The molecule has 2 saturated heterocycles. The largest absolute Gasteiger partial charge is 0.505 e. The fraction of sp³-hybridized carbons (Fsp3) is 0.231. The van der Waals surface area contributed by atoms with Crippen LogP contribution in [0, 0.1) is 23.6 Å². The molecule has 9 nitrogen and oxygen atoms in total. The molecule has 4 atom stereocenters. The smallest absolute Gasteiger partial charge is 0.488 e. The summed E-state index contributed by atoms with van der Waals surface area (Å²) in [7, 11) is -2.97. The lowest BCUT2D eigenvalue weighted by atomic mass is 9.58. The van der Waals surface area contributed by atoms with Gasteiger partial charge < -0.3 is 29.6 Å². The molecule has 7 rings (SSSR count). The van der Waals surface area contributed by atoms with Crippen LogP contribution in [0.2, 0.25) is 6.32 Å². The molecule has 0 radical (unpaired) electrons. The highest BCUT2D eigenvalue weighted by atomic mass is 19.1. The van der Waals surface area contributed by atoms with Gasteiger partial charge in [0.25, 0.3) is 0 Å². The predicted molar refractivity (Wildman–Crippen MR) is 192 cm³/mol. The first-order valence-corrected chi connectivity index (χ1v) is 17.0. The van der Waals surface area contributed by atoms with Crippen LogP contribution < -0.4 is 15.1 Å². The highest BCUT2D eigenvalue weighted by Crippen LogP contribution is 2.51. The third-order valence-electron chi connectivity index (χ3n) is 10.0. The highest BCUT2D eigenvalue weighted by molar-refractivity contribution is 6.58. The zero-order valence-electron chi connectivity index (χ0n) is 27.6. The summed E-state index contributed by atoms with van der Waals surface area (Å²) in [5, 5.41) is 40.4. The van der Waals surface area contributed by atoms with Crippen LogP contribution in [-0.4, -0.2) is 58.9 Å². The number of anilines is 1. The van der Waals surface area contributed by atoms with Gasteiger partial charge in [0, 0.05) is 0 Å². The van der Waals surface area contributed by atoms with Gasteiger partial charge in [0.15, 0.2) is 11.6 Å². The number of hydrogen-bond donors (Lipinski definition) is 4. The number of phenolic OH excluding ortho intramolecular Hbond substituents is 1. The van der Waals surface area contributed by atoms with E-state index in [0.717, 1.165) is 27.2 Å². The number of imide groups is 1. The van der Waals surface area contributed by atoms with Crippen molar-refractivity contribution >= 4 is 48.9 Å². The molecule has 0 spiro atoms. The summed E-state index contributed by atoms with van der Waals surface area (Å²) in [6.07, 6.45) is 2.44. The predicted octanol–water partition coefficient (Wildman–Crippen LogP) is 4.61. The van der Waals surface area contributed by atoms with Crippen molar-refractivity contribution in [3.8, 4) is 11.5 Å². The van der Waals surface area contributed by atoms with Crippen molar-refractivity contribution in [2.45, 2.75) is 31.7 Å². The fourth-order valence-electron chi connectivity index (χ4n) is 7.72. The van der Waals surface area contributed by atoms with Gasteiger partial charge >= 0.3 is 14.2 Å². The molecule has 0 unspecified atom stereocenters. The van der Waals surface area contributed by atoms with E-state index in [4.69, 9.17) is 9.39 Å². The SMILES string of the molecule is O=C1[C@@H]2[C@@H](CC(COc3ccccc3)=C3[C@@H](CC/C(=C/c4ccc(O)c(F)c4)c4ccccc4)OB(O)C[C@@H]32)C(=O)N1c1cccc(B(O)O)c1. The second kappa shape index (κ2) is 14.7. The van der Waals surface area contributed by atoms with E-state index in [9.17, 15) is 34.2 Å². The van der Waals surface area contributed by atoms with E-state index in [0.29, 0.717) is 24.2 Å². The van der Waals surface area contributed by atoms with Crippen molar-refractivity contribution in [2.24, 2.45) is 17.8 Å². The molecule has 0 aromatic heterocycles. The number of halogens is 1. The zero-order chi connectivity index (χ0) is 35.6. The molecule has 2 amide bonds. The van der Waals surface area contributed by atoms with E-state index in [1.807, 2.05) is 66.7 Å². The summed E-state index contributed by atoms with van der Waals surface area (Å²) in [5.41, 5.74) is 4.42. The van der Waals surface area contributed by atoms with Crippen molar-refractivity contribution in [2.75, 3.05) is 11.5 Å². The van der Waals surface area contributed by atoms with Gasteiger partial charge in [-0.2, -0.15) is 0 Å². The molecule has 4 N–H and O–H groups in total. The van der Waals surface area contributed by atoms with Crippen LogP contribution in [0.4, 0.5) is 10.1 Å². The molecule has 0 saturated carbocycles. The fourth-order valence-corrected chi connectivity index (χ4v) is 7.72. The number of para-hydroxylation sites is 1. The Labute approximate surface area is 295 Å². The molecule has 2 heterocycles. The van der Waals surface area contributed by atoms with Crippen LogP contribution in [0.5, 0.6) is 11.5 Å². The second-order valence-corrected chi connectivity index (χ2v) is 13.2. The molecule has 4 aromatic rings. The first-order chi connectivity index (χ1) is 24.7. The standard InChI is InChI=1S/C39H36B2FNO8/c42-33-19-24(14-16-34(33)44)18-26(25-8-3-1-4-9-25)15-17-35-36-27(23-50-30-12-5-2-6-13-30)20-31-37(32(36)22-40(47)51-35)39(46)43(38(31)45)29-11-7-10-28(21-29)41(48)49/h1-14,16,18-19,21,31-32,35,37,44,47-49H,15,17,20,22-23H2/b26-18-/t31-,32+,35-,37-/m1/s1. The number of ether oxygens (including phenoxy) is 1. The minimum absolute atomic E-state index is 0.109. The molecular weight excluding hydrogens is 651 g/mol. The number of amides is 2. The number of nitrogens with zero attached hydrogens (tertiary/aromatic N) is 1. The Balaban J connectivity index is 1.24. The van der Waals surface area contributed by atoms with Crippen molar-refractivity contribution in [3.05, 3.63) is 131 Å². The second-order valence-electron chi connectivity index (χ2n) is 13.2. The van der Waals surface area contributed by atoms with Gasteiger partial charge in [-0.05, 0) is 101 Å². The first kappa shape index (κ1) is 34.4. The lowest BCUT2D eigenvalue weighted by molar-refractivity contribution is -0.122. The van der Waals surface area contributed by atoms with Crippen molar-refractivity contribution in [1.82, 2.24) is 0 Å². The Morgan fingerprint density at radius 3 is 2.41 bits per heavy atom. The minimum Gasteiger partial charge on any atom is -0.505 e. The lowest BCUT2D eigenvalue weighted by Crippen LogP contribution is -2.46. The summed E-state index contributed by atoms with van der Waals surface area (Å²) < 4.78 is 26.8. The first-order valence-electron chi connectivity index (χ1n) is 17.0.